The molecule has 2 saturated heterocycles. The number of rotatable bonds is 1. The van der Waals surface area contributed by atoms with Crippen LogP contribution in [0.15, 0.2) is 53.3 Å². The smallest absolute Gasteiger partial charge is 0.262 e. The number of hydrogen-bond acceptors (Lipinski definition) is 6. The fourth-order valence-electron chi connectivity index (χ4n) is 6.40. The second-order valence-electron chi connectivity index (χ2n) is 10.4. The van der Waals surface area contributed by atoms with Gasteiger partial charge in [0.1, 0.15) is 17.8 Å². The molecule has 0 saturated carbocycles. The minimum absolute atomic E-state index is 0.0162. The molecule has 5 aliphatic rings. The van der Waals surface area contributed by atoms with Crippen molar-refractivity contribution in [1.82, 2.24) is 20.2 Å². The Bertz CT molecular complexity index is 1520. The highest BCUT2D eigenvalue weighted by Gasteiger charge is 2.66. The first-order chi connectivity index (χ1) is 16.7. The Hall–Kier alpha value is -3.56. The van der Waals surface area contributed by atoms with Crippen LogP contribution in [0.25, 0.3) is 10.9 Å². The Kier molecular flexibility index (Phi) is 3.89. The van der Waals surface area contributed by atoms with Crippen molar-refractivity contribution in [1.29, 1.82) is 0 Å². The van der Waals surface area contributed by atoms with Crippen molar-refractivity contribution < 1.29 is 14.3 Å². The van der Waals surface area contributed by atoms with Crippen molar-refractivity contribution in [2.45, 2.75) is 56.8 Å². The fourth-order valence-corrected chi connectivity index (χ4v) is 6.40. The van der Waals surface area contributed by atoms with E-state index in [1.54, 1.807) is 30.0 Å². The molecule has 6 heterocycles. The number of para-hydroxylation sites is 2. The van der Waals surface area contributed by atoms with Crippen LogP contribution in [0.3, 0.4) is 0 Å². The van der Waals surface area contributed by atoms with E-state index in [1.165, 1.54) is 4.57 Å². The minimum atomic E-state index is -1.38. The topological polar surface area (TPSA) is 106 Å². The van der Waals surface area contributed by atoms with Gasteiger partial charge in [0.05, 0.1) is 22.6 Å². The van der Waals surface area contributed by atoms with Crippen LogP contribution < -0.4 is 21.1 Å². The number of benzene rings is 2. The average Bonchev–Trinajstić information content (AvgIpc) is 3.22. The number of carbonyl (C=O) groups excluding carboxylic acids is 2. The third kappa shape index (κ3) is 2.44. The lowest BCUT2D eigenvalue weighted by Crippen LogP contribution is -2.57. The molecule has 5 atom stereocenters. The molecule has 2 N–H and O–H groups in total. The minimum Gasteiger partial charge on any atom is -0.334 e. The van der Waals surface area contributed by atoms with Gasteiger partial charge in [0, 0.05) is 12.0 Å². The van der Waals surface area contributed by atoms with Crippen LogP contribution in [0.5, 0.6) is 0 Å². The summed E-state index contributed by atoms with van der Waals surface area (Å²) in [5.74, 6) is 0.125. The number of amides is 2. The first kappa shape index (κ1) is 20.8. The summed E-state index contributed by atoms with van der Waals surface area (Å²) in [5.41, 5.74) is -0.572. The molecule has 2 aromatic carbocycles. The zero-order valence-corrected chi connectivity index (χ0v) is 19.6. The second-order valence-corrected chi connectivity index (χ2v) is 10.4. The molecule has 9 nitrogen and oxygen atoms in total. The number of hydrogen-bond donors (Lipinski definition) is 2. The Balaban J connectivity index is 1.49. The van der Waals surface area contributed by atoms with Gasteiger partial charge in [-0.1, -0.05) is 44.2 Å². The summed E-state index contributed by atoms with van der Waals surface area (Å²) >= 11 is 0. The van der Waals surface area contributed by atoms with Gasteiger partial charge in [0.2, 0.25) is 11.8 Å². The number of anilines is 1. The third-order valence-electron chi connectivity index (χ3n) is 7.92. The molecular weight excluding hydrogens is 446 g/mol. The van der Waals surface area contributed by atoms with Gasteiger partial charge >= 0.3 is 0 Å². The van der Waals surface area contributed by atoms with Crippen LogP contribution in [0, 0.1) is 5.92 Å². The third-order valence-corrected chi connectivity index (χ3v) is 7.92. The molecule has 2 bridgehead atoms. The van der Waals surface area contributed by atoms with Crippen LogP contribution in [-0.2, 0) is 25.7 Å². The predicted octanol–water partition coefficient (Wildman–Crippen LogP) is 1.86. The summed E-state index contributed by atoms with van der Waals surface area (Å²) in [6.07, 6.45) is -0.335. The van der Waals surface area contributed by atoms with Gasteiger partial charge in [-0.25, -0.2) is 4.98 Å². The SMILES string of the molecule is CC(C)C1NC2N(C1=O)c1ccccc1C21CC2C(=O)NC(C)(O1)c1nc3ccccc3c(=O)n12. The summed E-state index contributed by atoms with van der Waals surface area (Å²) in [7, 11) is 0. The Morgan fingerprint density at radius 1 is 1.09 bits per heavy atom. The summed E-state index contributed by atoms with van der Waals surface area (Å²) in [4.78, 5) is 47.2. The second kappa shape index (κ2) is 6.56. The quantitative estimate of drug-likeness (QED) is 0.561. The number of ether oxygens (including phenoxy) is 1. The fraction of sp³-hybridized carbons (Fsp3) is 0.385. The van der Waals surface area contributed by atoms with Crippen molar-refractivity contribution in [3.05, 3.63) is 70.3 Å². The molecule has 8 rings (SSSR count). The van der Waals surface area contributed by atoms with E-state index in [4.69, 9.17) is 9.72 Å². The van der Waals surface area contributed by atoms with Gasteiger partial charge in [0.15, 0.2) is 11.5 Å². The van der Waals surface area contributed by atoms with Crippen LogP contribution in [0.1, 0.15) is 44.6 Å². The molecule has 35 heavy (non-hydrogen) atoms. The lowest BCUT2D eigenvalue weighted by Gasteiger charge is -2.40. The highest BCUT2D eigenvalue weighted by Crippen LogP contribution is 2.56. The van der Waals surface area contributed by atoms with Crippen molar-refractivity contribution in [3.63, 3.8) is 0 Å². The first-order valence-corrected chi connectivity index (χ1v) is 12.0. The van der Waals surface area contributed by atoms with E-state index in [0.29, 0.717) is 16.7 Å². The molecule has 1 spiro atoms. The average molecular weight is 472 g/mol. The van der Waals surface area contributed by atoms with Crippen molar-refractivity contribution in [2.75, 3.05) is 4.90 Å². The van der Waals surface area contributed by atoms with Crippen molar-refractivity contribution in [2.24, 2.45) is 5.92 Å². The largest absolute Gasteiger partial charge is 0.334 e. The van der Waals surface area contributed by atoms with E-state index >= 15 is 0 Å². The molecule has 0 radical (unpaired) electrons. The molecule has 2 fully saturated rings. The summed E-state index contributed by atoms with van der Waals surface area (Å²) in [6.45, 7) is 5.75. The molecule has 1 aromatic heterocycles. The Morgan fingerprint density at radius 2 is 1.83 bits per heavy atom. The van der Waals surface area contributed by atoms with Gasteiger partial charge in [-0.2, -0.15) is 0 Å². The summed E-state index contributed by atoms with van der Waals surface area (Å²) in [5, 5.41) is 6.97. The number of nitrogens with zero attached hydrogens (tertiary/aromatic N) is 3. The molecule has 9 heteroatoms. The maximum atomic E-state index is 13.7. The number of fused-ring (bicyclic) bond motifs is 5. The van der Waals surface area contributed by atoms with E-state index < -0.39 is 23.5 Å². The number of aromatic nitrogens is 2. The highest BCUT2D eigenvalue weighted by atomic mass is 16.5. The van der Waals surface area contributed by atoms with E-state index in [9.17, 15) is 14.4 Å². The summed E-state index contributed by atoms with van der Waals surface area (Å²) in [6, 6.07) is 13.6. The van der Waals surface area contributed by atoms with E-state index in [0.717, 1.165) is 11.3 Å². The van der Waals surface area contributed by atoms with Crippen LogP contribution in [0.4, 0.5) is 5.69 Å². The lowest BCUT2D eigenvalue weighted by atomic mass is 9.86. The molecule has 5 aliphatic heterocycles. The molecule has 178 valence electrons. The first-order valence-electron chi connectivity index (χ1n) is 12.0. The Morgan fingerprint density at radius 3 is 2.63 bits per heavy atom. The maximum Gasteiger partial charge on any atom is 0.262 e. The standard InChI is InChI=1S/C26H25N5O4/c1-13(2)19-22(34)30-17-11-7-5-9-15(17)26(24(30)28-19)12-18-20(32)29-25(3,35-26)23-27-16-10-6-4-8-14(16)21(33)31(18)23/h4-11,13,18-19,24,28H,12H2,1-3H3,(H,29,32). The van der Waals surface area contributed by atoms with E-state index in [-0.39, 0.29) is 35.8 Å². The van der Waals surface area contributed by atoms with E-state index in [1.807, 2.05) is 44.2 Å². The zero-order valence-electron chi connectivity index (χ0n) is 19.6. The zero-order chi connectivity index (χ0) is 24.3. The van der Waals surface area contributed by atoms with Gasteiger partial charge in [-0.3, -0.25) is 29.2 Å². The molecule has 5 unspecified atom stereocenters. The van der Waals surface area contributed by atoms with Crippen LogP contribution >= 0.6 is 0 Å². The van der Waals surface area contributed by atoms with Crippen LogP contribution in [-0.4, -0.2) is 33.6 Å². The van der Waals surface area contributed by atoms with E-state index in [2.05, 4.69) is 10.6 Å². The molecular formula is C26H25N5O4. The highest BCUT2D eigenvalue weighted by molar-refractivity contribution is 6.03. The molecule has 2 amide bonds. The number of carbonyl (C=O) groups is 2. The van der Waals surface area contributed by atoms with Gasteiger partial charge in [-0.05, 0) is 31.0 Å². The predicted molar refractivity (Wildman–Crippen MR) is 127 cm³/mol. The van der Waals surface area contributed by atoms with Gasteiger partial charge in [-0.15, -0.1) is 0 Å². The van der Waals surface area contributed by atoms with Gasteiger partial charge in [0.25, 0.3) is 5.56 Å². The normalized spacial score (nSPS) is 32.7. The van der Waals surface area contributed by atoms with Crippen molar-refractivity contribution >= 4 is 28.4 Å². The van der Waals surface area contributed by atoms with Crippen LogP contribution in [0.2, 0.25) is 0 Å². The van der Waals surface area contributed by atoms with Gasteiger partial charge < -0.3 is 10.1 Å². The maximum absolute atomic E-state index is 13.7. The summed E-state index contributed by atoms with van der Waals surface area (Å²) < 4.78 is 8.44. The Labute approximate surface area is 201 Å². The van der Waals surface area contributed by atoms with Crippen molar-refractivity contribution in [3.8, 4) is 0 Å². The number of nitrogens with one attached hydrogen (secondary N) is 2. The lowest BCUT2D eigenvalue weighted by molar-refractivity contribution is -0.181. The molecule has 3 aromatic rings. The molecule has 0 aliphatic carbocycles. The monoisotopic (exact) mass is 471 g/mol.